The van der Waals surface area contributed by atoms with Crippen molar-refractivity contribution in [2.24, 2.45) is 21.6 Å². The lowest BCUT2D eigenvalue weighted by atomic mass is 10.5. The van der Waals surface area contributed by atoms with Crippen LogP contribution in [0.1, 0.15) is 12.1 Å². The number of aliphatic imine (C=N–C) groups is 1. The summed E-state index contributed by atoms with van der Waals surface area (Å²) in [5, 5.41) is 6.94. The zero-order valence-corrected chi connectivity index (χ0v) is 13.9. The quantitative estimate of drug-likeness (QED) is 0.281. The lowest BCUT2D eigenvalue weighted by Gasteiger charge is -2.01. The van der Waals surface area contributed by atoms with Crippen LogP contribution in [0.4, 0.5) is 5.13 Å². The molecule has 0 radical (unpaired) electrons. The van der Waals surface area contributed by atoms with Gasteiger partial charge in [0.25, 0.3) is 10.2 Å². The Bertz CT molecular complexity index is 598. The van der Waals surface area contributed by atoms with Crippen molar-refractivity contribution in [3.63, 3.8) is 0 Å². The van der Waals surface area contributed by atoms with E-state index in [1.54, 1.807) is 10.1 Å². The maximum Gasteiger partial charge on any atom is 0.298 e. The third-order valence-electron chi connectivity index (χ3n) is 1.74. The van der Waals surface area contributed by atoms with Crippen LogP contribution in [-0.4, -0.2) is 31.0 Å². The van der Waals surface area contributed by atoms with Crippen LogP contribution in [-0.2, 0) is 20.8 Å². The van der Waals surface area contributed by atoms with Gasteiger partial charge in [-0.1, -0.05) is 0 Å². The van der Waals surface area contributed by atoms with Crippen molar-refractivity contribution >= 4 is 62.7 Å². The fraction of sp³-hybridized carbons (Fsp3) is 0.375. The number of halogens is 1. The molecule has 0 unspecified atom stereocenters. The van der Waals surface area contributed by atoms with Crippen LogP contribution >= 0.6 is 35.5 Å². The van der Waals surface area contributed by atoms with Gasteiger partial charge < -0.3 is 11.5 Å². The SMILES string of the molecule is Cl.NC(N)=Nc1nc(CSCCC(=O)NS(N)(=O)=O)cs1. The molecule has 7 N–H and O–H groups in total. The number of thioether (sulfide) groups is 1. The Balaban J connectivity index is 0.00000400. The fourth-order valence-corrected chi connectivity index (χ4v) is 3.14. The third-order valence-corrected chi connectivity index (χ3v) is 4.03. The maximum atomic E-state index is 11.2. The van der Waals surface area contributed by atoms with Crippen LogP contribution in [0, 0.1) is 0 Å². The minimum Gasteiger partial charge on any atom is -0.370 e. The highest BCUT2D eigenvalue weighted by molar-refractivity contribution is 7.98. The molecule has 0 aliphatic carbocycles. The molecule has 0 saturated carbocycles. The van der Waals surface area contributed by atoms with Gasteiger partial charge in [-0.3, -0.25) is 4.79 Å². The van der Waals surface area contributed by atoms with Crippen molar-refractivity contribution in [2.45, 2.75) is 12.2 Å². The van der Waals surface area contributed by atoms with Gasteiger partial charge in [-0.2, -0.15) is 25.2 Å². The third kappa shape index (κ3) is 9.47. The van der Waals surface area contributed by atoms with E-state index in [2.05, 4.69) is 15.1 Å². The molecule has 0 aromatic carbocycles. The number of nitrogens with two attached hydrogens (primary N) is 3. The van der Waals surface area contributed by atoms with Crippen molar-refractivity contribution in [3.8, 4) is 0 Å². The smallest absolute Gasteiger partial charge is 0.298 e. The molecule has 9 nitrogen and oxygen atoms in total. The number of thiazole rings is 1. The summed E-state index contributed by atoms with van der Waals surface area (Å²) in [6.45, 7) is 0. The van der Waals surface area contributed by atoms with Gasteiger partial charge in [0, 0.05) is 23.3 Å². The molecule has 1 rings (SSSR count). The van der Waals surface area contributed by atoms with Crippen molar-refractivity contribution in [2.75, 3.05) is 5.75 Å². The lowest BCUT2D eigenvalue weighted by molar-refractivity contribution is -0.118. The Hall–Kier alpha value is -1.08. The van der Waals surface area contributed by atoms with Gasteiger partial charge >= 0.3 is 0 Å². The number of amides is 1. The molecule has 120 valence electrons. The first-order valence-corrected chi connectivity index (χ1v) is 8.79. The van der Waals surface area contributed by atoms with E-state index >= 15 is 0 Å². The highest BCUT2D eigenvalue weighted by Gasteiger charge is 2.08. The average molecular weight is 375 g/mol. The number of guanidine groups is 1. The Kier molecular flexibility index (Phi) is 8.58. The second kappa shape index (κ2) is 9.04. The number of aromatic nitrogens is 1. The molecule has 0 saturated heterocycles. The molecule has 1 amide bonds. The number of rotatable bonds is 7. The molecule has 0 fully saturated rings. The molecule has 0 spiro atoms. The van der Waals surface area contributed by atoms with E-state index in [1.807, 2.05) is 0 Å². The number of carbonyl (C=O) groups excluding carboxylic acids is 1. The Morgan fingerprint density at radius 1 is 1.48 bits per heavy atom. The van der Waals surface area contributed by atoms with Gasteiger partial charge in [0.15, 0.2) is 5.96 Å². The van der Waals surface area contributed by atoms with Crippen molar-refractivity contribution in [1.29, 1.82) is 0 Å². The lowest BCUT2D eigenvalue weighted by Crippen LogP contribution is -2.36. The van der Waals surface area contributed by atoms with Gasteiger partial charge in [0.2, 0.25) is 11.0 Å². The topological polar surface area (TPSA) is 167 Å². The molecule has 0 bridgehead atoms. The van der Waals surface area contributed by atoms with Crippen LogP contribution in [0.5, 0.6) is 0 Å². The first-order valence-electron chi connectivity index (χ1n) is 5.21. The summed E-state index contributed by atoms with van der Waals surface area (Å²) < 4.78 is 22.9. The van der Waals surface area contributed by atoms with E-state index in [1.165, 1.54) is 23.1 Å². The minimum absolute atomic E-state index is 0. The first-order chi connectivity index (χ1) is 9.26. The normalized spacial score (nSPS) is 10.5. The van der Waals surface area contributed by atoms with Crippen molar-refractivity contribution in [1.82, 2.24) is 9.71 Å². The van der Waals surface area contributed by atoms with E-state index in [-0.39, 0.29) is 24.8 Å². The summed E-state index contributed by atoms with van der Waals surface area (Å²) in [4.78, 5) is 19.1. The predicted octanol–water partition coefficient (Wildman–Crippen LogP) is -0.587. The Labute approximate surface area is 136 Å². The predicted molar refractivity (Wildman–Crippen MR) is 86.9 cm³/mol. The monoisotopic (exact) mass is 374 g/mol. The summed E-state index contributed by atoms with van der Waals surface area (Å²) in [7, 11) is -3.98. The second-order valence-electron chi connectivity index (χ2n) is 3.53. The van der Waals surface area contributed by atoms with Gasteiger partial charge in [-0.05, 0) is 0 Å². The van der Waals surface area contributed by atoms with Crippen LogP contribution in [0.3, 0.4) is 0 Å². The van der Waals surface area contributed by atoms with Crippen LogP contribution in [0.15, 0.2) is 10.4 Å². The number of hydrogen-bond acceptors (Lipinski definition) is 7. The van der Waals surface area contributed by atoms with E-state index in [9.17, 15) is 13.2 Å². The number of nitrogens with one attached hydrogen (secondary N) is 1. The molecule has 1 aromatic heterocycles. The van der Waals surface area contributed by atoms with E-state index in [0.29, 0.717) is 16.6 Å². The number of carbonyl (C=O) groups is 1. The molecule has 0 aliphatic heterocycles. The maximum absolute atomic E-state index is 11.2. The highest BCUT2D eigenvalue weighted by Crippen LogP contribution is 2.21. The number of nitrogens with zero attached hydrogens (tertiary/aromatic N) is 2. The van der Waals surface area contributed by atoms with Gasteiger partial charge in [-0.25, -0.2) is 14.8 Å². The molecule has 21 heavy (non-hydrogen) atoms. The Morgan fingerprint density at radius 3 is 2.71 bits per heavy atom. The molecular formula is C8H15ClN6O3S3. The zero-order chi connectivity index (χ0) is 15.2. The largest absolute Gasteiger partial charge is 0.370 e. The number of hydrogen-bond donors (Lipinski definition) is 4. The summed E-state index contributed by atoms with van der Waals surface area (Å²) in [5.74, 6) is 0.313. The van der Waals surface area contributed by atoms with Crippen LogP contribution in [0.2, 0.25) is 0 Å². The summed E-state index contributed by atoms with van der Waals surface area (Å²) in [6.07, 6.45) is 0.0476. The highest BCUT2D eigenvalue weighted by atomic mass is 35.5. The summed E-state index contributed by atoms with van der Waals surface area (Å²) in [5.41, 5.74) is 11.2. The van der Waals surface area contributed by atoms with Crippen LogP contribution in [0.25, 0.3) is 0 Å². The average Bonchev–Trinajstić information content (AvgIpc) is 2.68. The molecule has 1 heterocycles. The molecule has 0 aliphatic rings. The molecule has 0 atom stereocenters. The summed E-state index contributed by atoms with van der Waals surface area (Å²) >= 11 is 2.73. The standard InChI is InChI=1S/C8H14N6O3S3.ClH/c9-7(10)13-8-12-5(4-19-8)3-18-2-1-6(15)14-20(11,16)17;/h4H,1-3H2,(H,14,15)(H2,11,16,17)(H4,9,10,12,13);1H. The summed E-state index contributed by atoms with van der Waals surface area (Å²) in [6, 6.07) is 0. The first kappa shape index (κ1) is 19.9. The molecular weight excluding hydrogens is 360 g/mol. The Morgan fingerprint density at radius 2 is 2.14 bits per heavy atom. The van der Waals surface area contributed by atoms with Crippen LogP contribution < -0.4 is 21.3 Å². The zero-order valence-electron chi connectivity index (χ0n) is 10.7. The van der Waals surface area contributed by atoms with Gasteiger partial charge in [-0.15, -0.1) is 23.7 Å². The van der Waals surface area contributed by atoms with E-state index in [0.717, 1.165) is 5.69 Å². The van der Waals surface area contributed by atoms with E-state index in [4.69, 9.17) is 11.5 Å². The van der Waals surface area contributed by atoms with Gasteiger partial charge in [0.05, 0.1) is 5.69 Å². The van der Waals surface area contributed by atoms with E-state index < -0.39 is 16.1 Å². The van der Waals surface area contributed by atoms with Gasteiger partial charge in [0.1, 0.15) is 0 Å². The van der Waals surface area contributed by atoms with Crippen molar-refractivity contribution in [3.05, 3.63) is 11.1 Å². The van der Waals surface area contributed by atoms with Crippen molar-refractivity contribution < 1.29 is 13.2 Å². The minimum atomic E-state index is -3.98. The second-order valence-corrected chi connectivity index (χ2v) is 6.77. The fourth-order valence-electron chi connectivity index (χ4n) is 1.08. The molecule has 1 aromatic rings. The molecule has 13 heteroatoms.